The quantitative estimate of drug-likeness (QED) is 0.624. The molecule has 7 heteroatoms. The van der Waals surface area contributed by atoms with E-state index in [1.807, 2.05) is 38.1 Å². The summed E-state index contributed by atoms with van der Waals surface area (Å²) in [6.45, 7) is 12.1. The number of benzene rings is 1. The van der Waals surface area contributed by atoms with Crippen molar-refractivity contribution in [1.29, 1.82) is 0 Å². The Labute approximate surface area is 181 Å². The molecular formula is C23H29N3O3S. The topological polar surface area (TPSA) is 73.7 Å². The molecule has 1 aromatic heterocycles. The number of hydrogen-bond donors (Lipinski definition) is 1. The monoisotopic (exact) mass is 427 g/mol. The van der Waals surface area contributed by atoms with E-state index in [2.05, 4.69) is 23.7 Å². The molecule has 1 N–H and O–H groups in total. The van der Waals surface area contributed by atoms with Crippen LogP contribution in [0.4, 0.5) is 5.69 Å². The van der Waals surface area contributed by atoms with Crippen LogP contribution in [0.5, 0.6) is 0 Å². The molecule has 2 heterocycles. The minimum absolute atomic E-state index is 0.149. The molecular weight excluding hydrogens is 398 g/mol. The first-order valence-corrected chi connectivity index (χ1v) is 11.2. The zero-order chi connectivity index (χ0) is 22.0. The van der Waals surface area contributed by atoms with Crippen molar-refractivity contribution in [2.75, 3.05) is 24.5 Å². The summed E-state index contributed by atoms with van der Waals surface area (Å²) in [5.41, 5.74) is 2.68. The zero-order valence-electron chi connectivity index (χ0n) is 18.2. The van der Waals surface area contributed by atoms with Gasteiger partial charge in [-0.25, -0.2) is 4.98 Å². The average molecular weight is 428 g/mol. The molecule has 1 aromatic carbocycles. The van der Waals surface area contributed by atoms with Gasteiger partial charge in [-0.3, -0.25) is 9.59 Å². The van der Waals surface area contributed by atoms with Gasteiger partial charge in [-0.2, -0.15) is 0 Å². The number of amides is 1. The number of aryl methyl sites for hydroxylation is 2. The number of nitrogens with zero attached hydrogens (tertiary/aromatic N) is 3. The Morgan fingerprint density at radius 1 is 1.17 bits per heavy atom. The van der Waals surface area contributed by atoms with Gasteiger partial charge in [0.15, 0.2) is 5.76 Å². The van der Waals surface area contributed by atoms with Gasteiger partial charge in [0.2, 0.25) is 5.78 Å². The molecule has 1 amide bonds. The van der Waals surface area contributed by atoms with Crippen LogP contribution in [-0.2, 0) is 4.79 Å². The maximum atomic E-state index is 13.4. The van der Waals surface area contributed by atoms with E-state index in [0.29, 0.717) is 17.1 Å². The van der Waals surface area contributed by atoms with Gasteiger partial charge in [0.25, 0.3) is 5.91 Å². The van der Waals surface area contributed by atoms with Gasteiger partial charge in [0, 0.05) is 25.3 Å². The third-order valence-electron chi connectivity index (χ3n) is 5.46. The number of carbonyl (C=O) groups excluding carboxylic acids is 2. The maximum Gasteiger partial charge on any atom is 0.290 e. The molecule has 1 aliphatic rings. The van der Waals surface area contributed by atoms with Crippen LogP contribution in [0, 0.1) is 13.8 Å². The van der Waals surface area contributed by atoms with Gasteiger partial charge in [-0.05, 0) is 51.8 Å². The molecule has 0 radical (unpaired) electrons. The van der Waals surface area contributed by atoms with Crippen LogP contribution in [0.3, 0.4) is 0 Å². The van der Waals surface area contributed by atoms with Crippen molar-refractivity contribution < 1.29 is 14.7 Å². The number of aliphatic hydroxyl groups is 1. The molecule has 0 bridgehead atoms. The van der Waals surface area contributed by atoms with Crippen LogP contribution in [0.1, 0.15) is 59.2 Å². The van der Waals surface area contributed by atoms with Gasteiger partial charge < -0.3 is 14.9 Å². The van der Waals surface area contributed by atoms with Crippen LogP contribution >= 0.6 is 11.3 Å². The molecule has 160 valence electrons. The normalized spacial score (nSPS) is 16.5. The van der Waals surface area contributed by atoms with E-state index < -0.39 is 17.7 Å². The van der Waals surface area contributed by atoms with Crippen molar-refractivity contribution >= 4 is 28.7 Å². The van der Waals surface area contributed by atoms with Gasteiger partial charge in [0.1, 0.15) is 0 Å². The number of Topliss-reactive ketones (excluding diaryl/α,β-unsaturated/α-hetero) is 1. The number of thiazole rings is 1. The molecule has 2 aromatic rings. The highest BCUT2D eigenvalue weighted by molar-refractivity contribution is 7.14. The van der Waals surface area contributed by atoms with Crippen molar-refractivity contribution in [3.8, 4) is 0 Å². The Hall–Kier alpha value is -2.67. The fourth-order valence-electron chi connectivity index (χ4n) is 4.02. The summed E-state index contributed by atoms with van der Waals surface area (Å²) in [6.07, 6.45) is 0.729. The summed E-state index contributed by atoms with van der Waals surface area (Å²) in [5, 5.41) is 11.5. The smallest absolute Gasteiger partial charge is 0.290 e. The highest BCUT2D eigenvalue weighted by atomic mass is 32.1. The Morgan fingerprint density at radius 2 is 1.80 bits per heavy atom. The van der Waals surface area contributed by atoms with E-state index in [1.54, 1.807) is 11.8 Å². The summed E-state index contributed by atoms with van der Waals surface area (Å²) >= 11 is 1.29. The van der Waals surface area contributed by atoms with Crippen LogP contribution in [0.2, 0.25) is 0 Å². The molecule has 3 rings (SSSR count). The first-order valence-electron chi connectivity index (χ1n) is 10.4. The summed E-state index contributed by atoms with van der Waals surface area (Å²) < 4.78 is 0. The van der Waals surface area contributed by atoms with Crippen molar-refractivity contribution in [2.45, 2.75) is 47.1 Å². The Kier molecular flexibility index (Phi) is 6.61. The molecule has 1 unspecified atom stereocenters. The molecule has 0 aliphatic carbocycles. The Balaban J connectivity index is 2.06. The third kappa shape index (κ3) is 3.86. The number of aliphatic hydroxyl groups excluding tert-OH is 1. The highest BCUT2D eigenvalue weighted by Crippen LogP contribution is 2.40. The Morgan fingerprint density at radius 3 is 2.30 bits per heavy atom. The number of hydrogen-bond acceptors (Lipinski definition) is 6. The molecule has 1 atom stereocenters. The predicted molar refractivity (Wildman–Crippen MR) is 120 cm³/mol. The van der Waals surface area contributed by atoms with Crippen molar-refractivity contribution in [1.82, 2.24) is 9.88 Å². The lowest BCUT2D eigenvalue weighted by atomic mass is 9.94. The largest absolute Gasteiger partial charge is 0.503 e. The molecule has 1 aliphatic heterocycles. The van der Waals surface area contributed by atoms with Crippen molar-refractivity contribution in [3.05, 3.63) is 56.7 Å². The summed E-state index contributed by atoms with van der Waals surface area (Å²) in [7, 11) is 0. The Bertz CT molecular complexity index is 974. The first kappa shape index (κ1) is 22.0. The number of anilines is 1. The molecule has 0 saturated carbocycles. The summed E-state index contributed by atoms with van der Waals surface area (Å²) in [4.78, 5) is 34.9. The lowest BCUT2D eigenvalue weighted by Gasteiger charge is -2.27. The molecule has 30 heavy (non-hydrogen) atoms. The van der Waals surface area contributed by atoms with E-state index in [4.69, 9.17) is 0 Å². The van der Waals surface area contributed by atoms with Crippen LogP contribution < -0.4 is 4.90 Å². The molecule has 0 fully saturated rings. The lowest BCUT2D eigenvalue weighted by Crippen LogP contribution is -2.32. The minimum Gasteiger partial charge on any atom is -0.503 e. The third-order valence-corrected chi connectivity index (χ3v) is 6.53. The van der Waals surface area contributed by atoms with Gasteiger partial charge in [-0.1, -0.05) is 19.1 Å². The highest BCUT2D eigenvalue weighted by Gasteiger charge is 2.44. The van der Waals surface area contributed by atoms with E-state index in [-0.39, 0.29) is 11.4 Å². The number of aromatic nitrogens is 1. The number of carbonyl (C=O) groups is 2. The summed E-state index contributed by atoms with van der Waals surface area (Å²) in [5.74, 6) is -1.26. The van der Waals surface area contributed by atoms with Crippen LogP contribution in [0.15, 0.2) is 35.6 Å². The predicted octanol–water partition coefficient (Wildman–Crippen LogP) is 4.59. The molecule has 0 saturated heterocycles. The van der Waals surface area contributed by atoms with E-state index in [1.165, 1.54) is 11.3 Å². The lowest BCUT2D eigenvalue weighted by molar-refractivity contribution is -0.129. The van der Waals surface area contributed by atoms with Gasteiger partial charge in [0.05, 0.1) is 27.2 Å². The minimum atomic E-state index is -0.600. The molecule has 6 nitrogen and oxygen atoms in total. The van der Waals surface area contributed by atoms with E-state index in [0.717, 1.165) is 35.8 Å². The SMILES string of the molecule is CCCN1C(=O)C(O)=C(C(=O)c2sc(C)nc2C)C1c1ccc(N(CC)CC)cc1. The standard InChI is InChI=1S/C23H29N3O3S/c1-6-13-26-19(16-9-11-17(12-10-16)25(7-2)8-3)18(21(28)23(26)29)20(27)22-14(4)24-15(5)30-22/h9-12,19,28H,6-8,13H2,1-5H3. The maximum absolute atomic E-state index is 13.4. The van der Waals surface area contributed by atoms with Gasteiger partial charge >= 0.3 is 0 Å². The van der Waals surface area contributed by atoms with E-state index in [9.17, 15) is 14.7 Å². The second-order valence-corrected chi connectivity index (χ2v) is 8.61. The second-order valence-electron chi connectivity index (χ2n) is 7.40. The van der Waals surface area contributed by atoms with Crippen molar-refractivity contribution in [3.63, 3.8) is 0 Å². The van der Waals surface area contributed by atoms with Crippen molar-refractivity contribution in [2.24, 2.45) is 0 Å². The second kappa shape index (κ2) is 9.00. The zero-order valence-corrected chi connectivity index (χ0v) is 19.0. The average Bonchev–Trinajstić information content (AvgIpc) is 3.20. The number of rotatable bonds is 8. The van der Waals surface area contributed by atoms with Crippen LogP contribution in [0.25, 0.3) is 0 Å². The first-order chi connectivity index (χ1) is 14.3. The molecule has 0 spiro atoms. The number of ketones is 1. The summed E-state index contributed by atoms with van der Waals surface area (Å²) in [6, 6.07) is 7.32. The fraction of sp³-hybridized carbons (Fsp3) is 0.435. The van der Waals surface area contributed by atoms with Gasteiger partial charge in [-0.15, -0.1) is 11.3 Å². The fourth-order valence-corrected chi connectivity index (χ4v) is 4.90. The van der Waals surface area contributed by atoms with E-state index >= 15 is 0 Å². The van der Waals surface area contributed by atoms with Crippen LogP contribution in [-0.4, -0.2) is 46.3 Å².